The van der Waals surface area contributed by atoms with E-state index in [0.717, 1.165) is 110 Å². The molecule has 0 atom stereocenters. The lowest BCUT2D eigenvalue weighted by Crippen LogP contribution is -2.47. The summed E-state index contributed by atoms with van der Waals surface area (Å²) in [6.45, 7) is 0. The minimum atomic E-state index is -0.890. The topological polar surface area (TPSA) is 42.6 Å². The van der Waals surface area contributed by atoms with Crippen LogP contribution in [0.4, 0.5) is 34.1 Å². The standard InChI is InChI=1S/C82H48N4O2S2/c1-3-23-49(24-4-1)83-65-37-17-11-31-57(65)81(58-32-12-18-38-66(58)83)61-47-73(85-63-35-15-7-27-51(63)53-43-45-71-75(77(53)85)55-29-9-21-41-69(55)87-71)90-80(61)82(59-33-13-19-39-67(59)84(50-25-5-2-6-26-50)68-40-20-14-34-60(68)82)62-48-74(89-79(62)81)86-64-36-16-8-28-52(64)54-44-46-72-76(78(54)86)56-30-10-22-42-70(56)88-72/h1-48H. The van der Waals surface area contributed by atoms with Crippen molar-refractivity contribution in [3.63, 3.8) is 0 Å². The molecule has 6 aromatic heterocycles. The molecule has 8 heterocycles. The van der Waals surface area contributed by atoms with Gasteiger partial charge in [0.1, 0.15) is 32.3 Å². The van der Waals surface area contributed by atoms with Crippen LogP contribution in [0.15, 0.2) is 300 Å². The van der Waals surface area contributed by atoms with Crippen LogP contribution in [-0.4, -0.2) is 9.13 Å². The number of thiophene rings is 2. The van der Waals surface area contributed by atoms with Crippen molar-refractivity contribution in [1.29, 1.82) is 0 Å². The molecule has 0 fully saturated rings. The predicted molar refractivity (Wildman–Crippen MR) is 372 cm³/mol. The molecule has 0 radical (unpaired) electrons. The molecule has 2 spiro atoms. The summed E-state index contributed by atoms with van der Waals surface area (Å²) >= 11 is 3.90. The molecule has 0 bridgehead atoms. The van der Waals surface area contributed by atoms with Crippen molar-refractivity contribution in [2.45, 2.75) is 10.8 Å². The molecular weight excluding hydrogens is 1140 g/mol. The first-order valence-electron chi connectivity index (χ1n) is 30.7. The zero-order chi connectivity index (χ0) is 58.6. The van der Waals surface area contributed by atoms with E-state index in [2.05, 4.69) is 310 Å². The van der Waals surface area contributed by atoms with Crippen LogP contribution in [-0.2, 0) is 10.8 Å². The number of anilines is 6. The Balaban J connectivity index is 0.986. The molecule has 12 aromatic carbocycles. The average molecular weight is 1190 g/mol. The second-order valence-corrected chi connectivity index (χ2v) is 26.2. The Morgan fingerprint density at radius 1 is 0.267 bits per heavy atom. The van der Waals surface area contributed by atoms with Gasteiger partial charge in [-0.25, -0.2) is 0 Å². The summed E-state index contributed by atoms with van der Waals surface area (Å²) in [7, 11) is 0. The highest BCUT2D eigenvalue weighted by molar-refractivity contribution is 7.16. The molecule has 3 aliphatic rings. The van der Waals surface area contributed by atoms with E-state index in [1.54, 1.807) is 0 Å². The number of aromatic nitrogens is 2. The summed E-state index contributed by atoms with van der Waals surface area (Å²) in [6.07, 6.45) is 0. The van der Waals surface area contributed by atoms with E-state index in [1.165, 1.54) is 64.7 Å². The number of rotatable bonds is 4. The minimum Gasteiger partial charge on any atom is -0.456 e. The Morgan fingerprint density at radius 3 is 1.00 bits per heavy atom. The molecule has 21 rings (SSSR count). The number of fused-ring (bicyclic) bond motifs is 28. The molecule has 0 unspecified atom stereocenters. The van der Waals surface area contributed by atoms with Gasteiger partial charge < -0.3 is 18.6 Å². The Kier molecular flexibility index (Phi) is 9.65. The van der Waals surface area contributed by atoms with Crippen LogP contribution >= 0.6 is 22.7 Å². The Hall–Kier alpha value is -11.2. The molecule has 90 heavy (non-hydrogen) atoms. The number of nitrogens with zero attached hydrogens (tertiary/aromatic N) is 4. The van der Waals surface area contributed by atoms with Crippen molar-refractivity contribution in [3.05, 3.63) is 334 Å². The number of furan rings is 2. The first kappa shape index (κ1) is 48.9. The van der Waals surface area contributed by atoms with E-state index in [4.69, 9.17) is 8.83 Å². The van der Waals surface area contributed by atoms with Gasteiger partial charge in [-0.1, -0.05) is 182 Å². The third kappa shape index (κ3) is 6.03. The normalized spacial score (nSPS) is 14.4. The fourth-order valence-electron chi connectivity index (χ4n) is 16.6. The van der Waals surface area contributed by atoms with Crippen LogP contribution in [0.25, 0.3) is 97.5 Å². The second kappa shape index (κ2) is 17.8. The zero-order valence-electron chi connectivity index (χ0n) is 48.1. The molecule has 18 aromatic rings. The lowest BCUT2D eigenvalue weighted by atomic mass is 9.53. The molecule has 2 aliphatic heterocycles. The number of para-hydroxylation sites is 10. The van der Waals surface area contributed by atoms with Gasteiger partial charge in [-0.05, 0) is 143 Å². The molecule has 6 nitrogen and oxygen atoms in total. The summed E-state index contributed by atoms with van der Waals surface area (Å²) < 4.78 is 18.8. The van der Waals surface area contributed by atoms with E-state index in [-0.39, 0.29) is 0 Å². The van der Waals surface area contributed by atoms with Crippen molar-refractivity contribution >= 4 is 144 Å². The lowest BCUT2D eigenvalue weighted by Gasteiger charge is -2.53. The predicted octanol–water partition coefficient (Wildman–Crippen LogP) is 22.4. The van der Waals surface area contributed by atoms with Gasteiger partial charge in [0.2, 0.25) is 0 Å². The van der Waals surface area contributed by atoms with Crippen molar-refractivity contribution < 1.29 is 8.83 Å². The van der Waals surface area contributed by atoms with Gasteiger partial charge in [0.25, 0.3) is 0 Å². The van der Waals surface area contributed by atoms with E-state index in [1.807, 2.05) is 22.7 Å². The smallest absolute Gasteiger partial charge is 0.137 e. The largest absolute Gasteiger partial charge is 0.456 e. The van der Waals surface area contributed by atoms with Crippen molar-refractivity contribution in [2.24, 2.45) is 0 Å². The molecule has 420 valence electrons. The summed E-state index contributed by atoms with van der Waals surface area (Å²) in [5.41, 5.74) is 20.5. The molecular formula is C82H48N4O2S2. The van der Waals surface area contributed by atoms with E-state index < -0.39 is 10.8 Å². The zero-order valence-corrected chi connectivity index (χ0v) is 49.8. The summed E-state index contributed by atoms with van der Waals surface area (Å²) in [6, 6.07) is 108. The Morgan fingerprint density at radius 2 is 0.600 bits per heavy atom. The lowest BCUT2D eigenvalue weighted by molar-refractivity contribution is 0.633. The van der Waals surface area contributed by atoms with E-state index in [9.17, 15) is 0 Å². The van der Waals surface area contributed by atoms with Gasteiger partial charge in [0.15, 0.2) is 0 Å². The SMILES string of the molecule is c1ccc(N2c3ccccc3C3(c4ccccc42)c2cc(-n4c5ccccc5c5ccc6oc7ccccc7c6c54)sc2C2(c4ccccc4N(c4ccccc4)c4ccccc42)c2cc(-n4c5ccccc5c5ccc6oc7ccccc7c6c54)sc23)cc1. The molecule has 0 saturated carbocycles. The average Bonchev–Trinajstić information content (AvgIpc) is 1.24. The Labute approximate surface area is 523 Å². The van der Waals surface area contributed by atoms with Crippen LogP contribution in [0.3, 0.4) is 0 Å². The monoisotopic (exact) mass is 1180 g/mol. The van der Waals surface area contributed by atoms with Crippen molar-refractivity contribution in [2.75, 3.05) is 9.80 Å². The first-order chi connectivity index (χ1) is 44.7. The van der Waals surface area contributed by atoms with Crippen LogP contribution in [0, 0.1) is 0 Å². The maximum Gasteiger partial charge on any atom is 0.137 e. The molecule has 0 amide bonds. The van der Waals surface area contributed by atoms with Crippen LogP contribution in [0.2, 0.25) is 0 Å². The maximum atomic E-state index is 6.80. The van der Waals surface area contributed by atoms with Crippen LogP contribution < -0.4 is 9.80 Å². The molecule has 1 aliphatic carbocycles. The van der Waals surface area contributed by atoms with E-state index in [0.29, 0.717) is 0 Å². The van der Waals surface area contributed by atoms with Gasteiger partial charge in [0.05, 0.1) is 66.4 Å². The van der Waals surface area contributed by atoms with Crippen LogP contribution in [0.5, 0.6) is 0 Å². The van der Waals surface area contributed by atoms with Crippen molar-refractivity contribution in [1.82, 2.24) is 9.13 Å². The highest BCUT2D eigenvalue weighted by Crippen LogP contribution is 2.71. The summed E-state index contributed by atoms with van der Waals surface area (Å²) in [5.74, 6) is 0. The third-order valence-electron chi connectivity index (χ3n) is 19.9. The van der Waals surface area contributed by atoms with Gasteiger partial charge in [-0.3, -0.25) is 9.13 Å². The van der Waals surface area contributed by atoms with Gasteiger partial charge in [-0.15, -0.1) is 22.7 Å². The van der Waals surface area contributed by atoms with Gasteiger partial charge in [0, 0.05) is 53.4 Å². The second-order valence-electron chi connectivity index (χ2n) is 24.1. The summed E-state index contributed by atoms with van der Waals surface area (Å²) in [5, 5.41) is 11.5. The fourth-order valence-corrected chi connectivity index (χ4v) is 19.5. The number of hydrogen-bond acceptors (Lipinski definition) is 6. The van der Waals surface area contributed by atoms with Gasteiger partial charge >= 0.3 is 0 Å². The Bertz CT molecular complexity index is 5580. The third-order valence-corrected chi connectivity index (χ3v) is 22.4. The fraction of sp³-hybridized carbons (Fsp3) is 0.0244. The molecule has 0 saturated heterocycles. The summed E-state index contributed by atoms with van der Waals surface area (Å²) in [4.78, 5) is 7.57. The van der Waals surface area contributed by atoms with Crippen LogP contribution in [0.1, 0.15) is 43.1 Å². The van der Waals surface area contributed by atoms with Crippen molar-refractivity contribution in [3.8, 4) is 10.0 Å². The van der Waals surface area contributed by atoms with Gasteiger partial charge in [-0.2, -0.15) is 0 Å². The highest BCUT2D eigenvalue weighted by atomic mass is 32.1. The first-order valence-corrected chi connectivity index (χ1v) is 32.4. The highest BCUT2D eigenvalue weighted by Gasteiger charge is 2.61. The number of benzene rings is 12. The molecule has 0 N–H and O–H groups in total. The quantitative estimate of drug-likeness (QED) is 0.176. The van der Waals surface area contributed by atoms with E-state index >= 15 is 0 Å². The molecule has 8 heteroatoms. The number of hydrogen-bond donors (Lipinski definition) is 0. The maximum absolute atomic E-state index is 6.80. The minimum absolute atomic E-state index is 0.870.